The molecule has 0 bridgehead atoms. The molecule has 0 aromatic heterocycles. The molecule has 1 atom stereocenters. The molecule has 1 unspecified atom stereocenters. The van der Waals surface area contributed by atoms with Gasteiger partial charge < -0.3 is 10.1 Å². The van der Waals surface area contributed by atoms with Crippen LogP contribution >= 0.6 is 15.9 Å². The summed E-state index contributed by atoms with van der Waals surface area (Å²) < 4.78 is 6.02. The molecule has 18 heavy (non-hydrogen) atoms. The van der Waals surface area contributed by atoms with E-state index < -0.39 is 0 Å². The lowest BCUT2D eigenvalue weighted by Gasteiger charge is -2.14. The van der Waals surface area contributed by atoms with Crippen molar-refractivity contribution in [2.24, 2.45) is 10.8 Å². The lowest BCUT2D eigenvalue weighted by Crippen LogP contribution is -2.37. The Kier molecular flexibility index (Phi) is 6.11. The number of hydrazine groups is 1. The number of guanidine groups is 1. The molecule has 4 N–H and O–H groups in total. The first kappa shape index (κ1) is 14.9. The molecule has 0 heterocycles. The van der Waals surface area contributed by atoms with Crippen molar-refractivity contribution in [3.63, 3.8) is 0 Å². The van der Waals surface area contributed by atoms with Gasteiger partial charge in [-0.15, -0.1) is 0 Å². The quantitative estimate of drug-likeness (QED) is 0.344. The van der Waals surface area contributed by atoms with Gasteiger partial charge in [0.1, 0.15) is 0 Å². The van der Waals surface area contributed by atoms with E-state index in [0.29, 0.717) is 12.6 Å². The maximum Gasteiger partial charge on any atom is 0.210 e. The average Bonchev–Trinajstić information content (AvgIpc) is 2.34. The topological polar surface area (TPSA) is 71.7 Å². The van der Waals surface area contributed by atoms with Crippen LogP contribution < -0.4 is 16.6 Å². The molecule has 100 valence electrons. The van der Waals surface area contributed by atoms with Gasteiger partial charge in [0.2, 0.25) is 5.96 Å². The van der Waals surface area contributed by atoms with Crippen molar-refractivity contribution in [3.8, 4) is 0 Å². The number of methoxy groups -OCH3 is 1. The van der Waals surface area contributed by atoms with Crippen molar-refractivity contribution < 1.29 is 4.74 Å². The van der Waals surface area contributed by atoms with Crippen LogP contribution in [0.15, 0.2) is 27.7 Å². The van der Waals surface area contributed by atoms with E-state index in [9.17, 15) is 0 Å². The smallest absolute Gasteiger partial charge is 0.210 e. The second-order valence-electron chi connectivity index (χ2n) is 3.99. The zero-order valence-corrected chi connectivity index (χ0v) is 12.4. The molecule has 0 amide bonds. The normalized spacial score (nSPS) is 13.3. The highest BCUT2D eigenvalue weighted by molar-refractivity contribution is 9.10. The van der Waals surface area contributed by atoms with Crippen LogP contribution in [-0.4, -0.2) is 25.7 Å². The first-order chi connectivity index (χ1) is 8.58. The summed E-state index contributed by atoms with van der Waals surface area (Å²) in [6, 6.07) is 5.97. The highest BCUT2D eigenvalue weighted by Crippen LogP contribution is 2.25. The van der Waals surface area contributed by atoms with Gasteiger partial charge in [0, 0.05) is 11.6 Å². The molecule has 0 saturated carbocycles. The molecule has 0 aliphatic heterocycles. The predicted molar refractivity (Wildman–Crippen MR) is 78.6 cm³/mol. The molecule has 5 nitrogen and oxygen atoms in total. The van der Waals surface area contributed by atoms with Gasteiger partial charge in [-0.3, -0.25) is 5.43 Å². The minimum Gasteiger partial charge on any atom is -0.382 e. The van der Waals surface area contributed by atoms with Crippen molar-refractivity contribution in [1.29, 1.82) is 0 Å². The maximum atomic E-state index is 5.45. The molecule has 1 aromatic carbocycles. The summed E-state index contributed by atoms with van der Waals surface area (Å²) in [6.45, 7) is 4.52. The van der Waals surface area contributed by atoms with E-state index in [1.165, 1.54) is 0 Å². The Balaban J connectivity index is 2.83. The molecule has 0 aliphatic rings. The lowest BCUT2D eigenvalue weighted by molar-refractivity contribution is 0.185. The summed E-state index contributed by atoms with van der Waals surface area (Å²) in [5.41, 5.74) is 4.60. The Hall–Kier alpha value is -1.11. The molecule has 6 heteroatoms. The second-order valence-corrected chi connectivity index (χ2v) is 4.78. The summed E-state index contributed by atoms with van der Waals surface area (Å²) in [5, 5.41) is 3.14. The fourth-order valence-electron chi connectivity index (χ4n) is 1.48. The Morgan fingerprint density at radius 2 is 2.28 bits per heavy atom. The van der Waals surface area contributed by atoms with Crippen molar-refractivity contribution >= 4 is 27.6 Å². The number of aliphatic imine (C=N–C) groups is 1. The number of rotatable bonds is 4. The van der Waals surface area contributed by atoms with Crippen molar-refractivity contribution in [1.82, 2.24) is 5.43 Å². The third-order valence-corrected chi connectivity index (χ3v) is 3.39. The van der Waals surface area contributed by atoms with E-state index >= 15 is 0 Å². The predicted octanol–water partition coefficient (Wildman–Crippen LogP) is 2.02. The van der Waals surface area contributed by atoms with Crippen LogP contribution in [0.3, 0.4) is 0 Å². The van der Waals surface area contributed by atoms with E-state index in [1.807, 2.05) is 32.0 Å². The van der Waals surface area contributed by atoms with Gasteiger partial charge in [-0.05, 0) is 41.4 Å². The van der Waals surface area contributed by atoms with Gasteiger partial charge in [-0.1, -0.05) is 12.1 Å². The van der Waals surface area contributed by atoms with Crippen LogP contribution in [0, 0.1) is 6.92 Å². The highest BCUT2D eigenvalue weighted by atomic mass is 79.9. The van der Waals surface area contributed by atoms with Crippen molar-refractivity contribution in [2.45, 2.75) is 19.9 Å². The Morgan fingerprint density at radius 3 is 2.89 bits per heavy atom. The average molecular weight is 315 g/mol. The maximum absolute atomic E-state index is 5.45. The summed E-state index contributed by atoms with van der Waals surface area (Å²) in [4.78, 5) is 4.37. The van der Waals surface area contributed by atoms with E-state index in [0.717, 1.165) is 15.7 Å². The van der Waals surface area contributed by atoms with Crippen LogP contribution in [0.1, 0.15) is 12.5 Å². The standard InChI is InChI=1S/C12H19BrN4O/c1-8-5-4-6-10(11(8)13)16-12(17-14)15-9(2)7-18-3/h4-6,9H,7,14H2,1-3H3,(H2,15,16,17). The van der Waals surface area contributed by atoms with Crippen LogP contribution in [0.5, 0.6) is 0 Å². The van der Waals surface area contributed by atoms with E-state index in [4.69, 9.17) is 10.6 Å². The van der Waals surface area contributed by atoms with Crippen LogP contribution in [-0.2, 0) is 4.74 Å². The molecule has 0 fully saturated rings. The van der Waals surface area contributed by atoms with E-state index in [1.54, 1.807) is 7.11 Å². The number of benzene rings is 1. The number of nitrogens with zero attached hydrogens (tertiary/aromatic N) is 1. The number of ether oxygens (including phenoxy) is 1. The summed E-state index contributed by atoms with van der Waals surface area (Å²) in [6.07, 6.45) is 0. The Morgan fingerprint density at radius 1 is 1.56 bits per heavy atom. The number of halogens is 1. The first-order valence-corrected chi connectivity index (χ1v) is 6.43. The number of aryl methyl sites for hydroxylation is 1. The third-order valence-electron chi connectivity index (χ3n) is 2.34. The van der Waals surface area contributed by atoms with Gasteiger partial charge >= 0.3 is 0 Å². The summed E-state index contributed by atoms with van der Waals surface area (Å²) >= 11 is 3.52. The number of hydrogen-bond donors (Lipinski definition) is 3. The van der Waals surface area contributed by atoms with Gasteiger partial charge in [0.05, 0.1) is 18.3 Å². The second kappa shape index (κ2) is 7.35. The molecule has 1 rings (SSSR count). The highest BCUT2D eigenvalue weighted by Gasteiger charge is 2.06. The van der Waals surface area contributed by atoms with E-state index in [2.05, 4.69) is 31.7 Å². The first-order valence-electron chi connectivity index (χ1n) is 5.64. The van der Waals surface area contributed by atoms with Gasteiger partial charge in [-0.2, -0.15) is 0 Å². The third kappa shape index (κ3) is 4.29. The summed E-state index contributed by atoms with van der Waals surface area (Å²) in [5.74, 6) is 5.96. The minimum absolute atomic E-state index is 0.0251. The van der Waals surface area contributed by atoms with Gasteiger partial charge in [-0.25, -0.2) is 10.8 Å². The molecule has 0 radical (unpaired) electrons. The van der Waals surface area contributed by atoms with E-state index in [-0.39, 0.29) is 6.04 Å². The SMILES string of the molecule is COCC(C)N=C(NN)Nc1cccc(C)c1Br. The lowest BCUT2D eigenvalue weighted by atomic mass is 10.2. The van der Waals surface area contributed by atoms with Gasteiger partial charge in [0.25, 0.3) is 0 Å². The molecule has 0 saturated heterocycles. The molecule has 0 aliphatic carbocycles. The number of nitrogens with one attached hydrogen (secondary N) is 2. The number of nitrogens with two attached hydrogens (primary N) is 1. The fourth-order valence-corrected chi connectivity index (χ4v) is 1.84. The summed E-state index contributed by atoms with van der Waals surface area (Å²) in [7, 11) is 1.64. The fraction of sp³-hybridized carbons (Fsp3) is 0.417. The molecular formula is C12H19BrN4O. The molecule has 0 spiro atoms. The van der Waals surface area contributed by atoms with Crippen LogP contribution in [0.2, 0.25) is 0 Å². The number of hydrogen-bond acceptors (Lipinski definition) is 3. The Bertz CT molecular complexity index is 423. The Labute approximate surface area is 116 Å². The minimum atomic E-state index is 0.0251. The van der Waals surface area contributed by atoms with Crippen LogP contribution in [0.4, 0.5) is 5.69 Å². The van der Waals surface area contributed by atoms with Crippen molar-refractivity contribution in [2.75, 3.05) is 19.0 Å². The number of anilines is 1. The zero-order chi connectivity index (χ0) is 13.5. The largest absolute Gasteiger partial charge is 0.382 e. The van der Waals surface area contributed by atoms with Crippen LogP contribution in [0.25, 0.3) is 0 Å². The monoisotopic (exact) mass is 314 g/mol. The zero-order valence-electron chi connectivity index (χ0n) is 10.8. The van der Waals surface area contributed by atoms with Gasteiger partial charge in [0.15, 0.2) is 0 Å². The molecule has 1 aromatic rings. The van der Waals surface area contributed by atoms with Crippen molar-refractivity contribution in [3.05, 3.63) is 28.2 Å². The molecular weight excluding hydrogens is 296 g/mol.